The van der Waals surface area contributed by atoms with Gasteiger partial charge >= 0.3 is 0 Å². The maximum absolute atomic E-state index is 13.3. The third kappa shape index (κ3) is 2.01. The van der Waals surface area contributed by atoms with Gasteiger partial charge in [-0.25, -0.2) is 4.39 Å². The van der Waals surface area contributed by atoms with E-state index in [1.54, 1.807) is 0 Å². The smallest absolute Gasteiger partial charge is 0.299 e. The third-order valence-electron chi connectivity index (χ3n) is 2.90. The summed E-state index contributed by atoms with van der Waals surface area (Å²) in [5, 5.41) is 3.81. The first kappa shape index (κ1) is 12.5. The van der Waals surface area contributed by atoms with Crippen LogP contribution < -0.4 is 4.90 Å². The molecule has 1 amide bonds. The van der Waals surface area contributed by atoms with Crippen LogP contribution in [0.15, 0.2) is 33.4 Å². The second-order valence-electron chi connectivity index (χ2n) is 4.14. The Hall–Kier alpha value is -1.53. The monoisotopic (exact) mass is 339 g/mol. The number of fused-ring (bicyclic) bond motifs is 1. The summed E-state index contributed by atoms with van der Waals surface area (Å²) in [5.41, 5.74) is 1.50. The molecule has 1 aromatic heterocycles. The van der Waals surface area contributed by atoms with E-state index in [4.69, 9.17) is 0 Å². The number of ketones is 1. The minimum Gasteiger partial charge on any atom is -0.299 e. The second-order valence-corrected chi connectivity index (χ2v) is 5.77. The lowest BCUT2D eigenvalue weighted by atomic mass is 10.1. The number of hydrogen-bond acceptors (Lipinski definition) is 3. The van der Waals surface area contributed by atoms with Gasteiger partial charge in [0.1, 0.15) is 5.82 Å². The molecule has 0 radical (unpaired) electrons. The van der Waals surface area contributed by atoms with Gasteiger partial charge in [-0.05, 0) is 50.5 Å². The van der Waals surface area contributed by atoms with Crippen LogP contribution in [-0.4, -0.2) is 11.7 Å². The van der Waals surface area contributed by atoms with E-state index in [2.05, 4.69) is 15.9 Å². The van der Waals surface area contributed by atoms with Crippen LogP contribution >= 0.6 is 27.3 Å². The molecule has 3 nitrogen and oxygen atoms in total. The third-order valence-corrected chi connectivity index (χ3v) is 4.24. The van der Waals surface area contributed by atoms with E-state index in [9.17, 15) is 14.0 Å². The number of carbonyl (C=O) groups excluding carboxylic acids is 2. The fourth-order valence-corrected chi connectivity index (χ4v) is 3.37. The second kappa shape index (κ2) is 4.54. The highest BCUT2D eigenvalue weighted by atomic mass is 79.9. The summed E-state index contributed by atoms with van der Waals surface area (Å²) in [6.45, 7) is 0.311. The van der Waals surface area contributed by atoms with E-state index in [0.717, 1.165) is 11.6 Å². The van der Waals surface area contributed by atoms with Gasteiger partial charge in [0.2, 0.25) is 0 Å². The van der Waals surface area contributed by atoms with Gasteiger partial charge in [0.05, 0.1) is 17.8 Å². The number of halogens is 2. The van der Waals surface area contributed by atoms with E-state index in [-0.39, 0.29) is 5.56 Å². The molecule has 0 aliphatic carbocycles. The average Bonchev–Trinajstić information content (AvgIpc) is 2.93. The minimum absolute atomic E-state index is 0.118. The summed E-state index contributed by atoms with van der Waals surface area (Å²) in [7, 11) is 0. The highest BCUT2D eigenvalue weighted by molar-refractivity contribution is 9.10. The molecule has 96 valence electrons. The summed E-state index contributed by atoms with van der Waals surface area (Å²) in [5.74, 6) is -1.82. The fourth-order valence-electron chi connectivity index (χ4n) is 2.07. The van der Waals surface area contributed by atoms with Crippen molar-refractivity contribution < 1.29 is 14.0 Å². The lowest BCUT2D eigenvalue weighted by Crippen LogP contribution is -2.29. The van der Waals surface area contributed by atoms with Gasteiger partial charge in [-0.15, -0.1) is 0 Å². The molecule has 0 bridgehead atoms. The van der Waals surface area contributed by atoms with Gasteiger partial charge in [0, 0.05) is 4.47 Å². The number of hydrogen-bond donors (Lipinski definition) is 0. The average molecular weight is 340 g/mol. The first-order valence-electron chi connectivity index (χ1n) is 5.44. The summed E-state index contributed by atoms with van der Waals surface area (Å²) in [6.07, 6.45) is 0. The summed E-state index contributed by atoms with van der Waals surface area (Å²) < 4.78 is 13.7. The molecule has 0 N–H and O–H groups in total. The SMILES string of the molecule is O=C1C(=O)N(Cc2ccsc2)c2c(Br)cc(F)cc21. The lowest BCUT2D eigenvalue weighted by molar-refractivity contribution is -0.114. The molecule has 0 spiro atoms. The molecule has 1 aromatic carbocycles. The molecule has 19 heavy (non-hydrogen) atoms. The summed E-state index contributed by atoms with van der Waals surface area (Å²) >= 11 is 4.73. The van der Waals surface area contributed by atoms with Crippen molar-refractivity contribution in [3.8, 4) is 0 Å². The number of nitrogens with zero attached hydrogens (tertiary/aromatic N) is 1. The van der Waals surface area contributed by atoms with Gasteiger partial charge < -0.3 is 0 Å². The van der Waals surface area contributed by atoms with E-state index in [0.29, 0.717) is 16.7 Å². The molecule has 3 rings (SSSR count). The molecule has 2 heterocycles. The molecular formula is C13H7BrFNO2S. The Morgan fingerprint density at radius 3 is 2.79 bits per heavy atom. The van der Waals surface area contributed by atoms with Crippen molar-refractivity contribution in [2.45, 2.75) is 6.54 Å². The minimum atomic E-state index is -0.662. The van der Waals surface area contributed by atoms with Gasteiger partial charge in [-0.3, -0.25) is 14.5 Å². The zero-order valence-corrected chi connectivity index (χ0v) is 11.9. The molecule has 2 aromatic rings. The number of rotatable bonds is 2. The van der Waals surface area contributed by atoms with E-state index in [1.165, 1.54) is 22.3 Å². The predicted octanol–water partition coefficient (Wildman–Crippen LogP) is 3.38. The maximum Gasteiger partial charge on any atom is 0.299 e. The van der Waals surface area contributed by atoms with E-state index < -0.39 is 17.5 Å². The molecular weight excluding hydrogens is 333 g/mol. The number of anilines is 1. The lowest BCUT2D eigenvalue weighted by Gasteiger charge is -2.17. The first-order chi connectivity index (χ1) is 9.08. The van der Waals surface area contributed by atoms with Gasteiger partial charge in [-0.2, -0.15) is 11.3 Å². The molecule has 0 atom stereocenters. The number of thiophene rings is 1. The van der Waals surface area contributed by atoms with Crippen LogP contribution in [0.3, 0.4) is 0 Å². The van der Waals surface area contributed by atoms with Crippen LogP contribution in [0.25, 0.3) is 0 Å². The van der Waals surface area contributed by atoms with Crippen LogP contribution in [-0.2, 0) is 11.3 Å². The van der Waals surface area contributed by atoms with Crippen molar-refractivity contribution in [1.29, 1.82) is 0 Å². The van der Waals surface area contributed by atoms with Gasteiger partial charge in [0.25, 0.3) is 11.7 Å². The maximum atomic E-state index is 13.3. The van der Waals surface area contributed by atoms with Gasteiger partial charge in [0.15, 0.2) is 0 Å². The fraction of sp³-hybridized carbons (Fsp3) is 0.0769. The van der Waals surface area contributed by atoms with Crippen molar-refractivity contribution in [3.63, 3.8) is 0 Å². The van der Waals surface area contributed by atoms with Crippen LogP contribution in [0.5, 0.6) is 0 Å². The highest BCUT2D eigenvalue weighted by Gasteiger charge is 2.37. The van der Waals surface area contributed by atoms with Crippen LogP contribution in [0.1, 0.15) is 15.9 Å². The molecule has 0 saturated carbocycles. The first-order valence-corrected chi connectivity index (χ1v) is 7.18. The Balaban J connectivity index is 2.09. The van der Waals surface area contributed by atoms with Crippen LogP contribution in [0, 0.1) is 5.82 Å². The standard InChI is InChI=1S/C13H7BrFNO2S/c14-10-4-8(15)3-9-11(10)16(13(18)12(9)17)5-7-1-2-19-6-7/h1-4,6H,5H2. The van der Waals surface area contributed by atoms with Crippen molar-refractivity contribution >= 4 is 44.6 Å². The van der Waals surface area contributed by atoms with Crippen molar-refractivity contribution in [1.82, 2.24) is 0 Å². The molecule has 0 unspecified atom stereocenters. The molecule has 1 aliphatic heterocycles. The normalized spacial score (nSPS) is 14.1. The quantitative estimate of drug-likeness (QED) is 0.786. The Bertz CT molecular complexity index is 684. The number of carbonyl (C=O) groups is 2. The van der Waals surface area contributed by atoms with E-state index in [1.807, 2.05) is 16.8 Å². The molecule has 1 aliphatic rings. The summed E-state index contributed by atoms with van der Waals surface area (Å²) in [4.78, 5) is 25.2. The Morgan fingerprint density at radius 1 is 1.32 bits per heavy atom. The van der Waals surface area contributed by atoms with Gasteiger partial charge in [-0.1, -0.05) is 0 Å². The Labute approximate surface area is 120 Å². The molecule has 6 heteroatoms. The topological polar surface area (TPSA) is 37.4 Å². The predicted molar refractivity (Wildman–Crippen MR) is 73.9 cm³/mol. The Morgan fingerprint density at radius 2 is 2.11 bits per heavy atom. The van der Waals surface area contributed by atoms with E-state index >= 15 is 0 Å². The number of benzene rings is 1. The van der Waals surface area contributed by atoms with Crippen LogP contribution in [0.2, 0.25) is 0 Å². The highest BCUT2D eigenvalue weighted by Crippen LogP contribution is 2.37. The molecule has 0 saturated heterocycles. The van der Waals surface area contributed by atoms with Crippen LogP contribution in [0.4, 0.5) is 10.1 Å². The molecule has 0 fully saturated rings. The van der Waals surface area contributed by atoms with Crippen molar-refractivity contribution in [3.05, 3.63) is 50.4 Å². The Kier molecular flexibility index (Phi) is 2.99. The van der Waals surface area contributed by atoms with Crippen molar-refractivity contribution in [2.75, 3.05) is 4.90 Å². The summed E-state index contributed by atoms with van der Waals surface area (Å²) in [6, 6.07) is 4.25. The number of Topliss-reactive ketones (excluding diaryl/α,β-unsaturated/α-hetero) is 1. The largest absolute Gasteiger partial charge is 0.299 e. The zero-order chi connectivity index (χ0) is 13.6. The van der Waals surface area contributed by atoms with Crippen molar-refractivity contribution in [2.24, 2.45) is 0 Å². The number of amides is 1. The zero-order valence-electron chi connectivity index (χ0n) is 9.52.